The van der Waals surface area contributed by atoms with Crippen LogP contribution in [0.2, 0.25) is 0 Å². The summed E-state index contributed by atoms with van der Waals surface area (Å²) >= 11 is 3.26. The molecule has 1 saturated heterocycles. The molecule has 0 saturated carbocycles. The molecular formula is C13H19BrN4O3. The Morgan fingerprint density at radius 3 is 2.95 bits per heavy atom. The van der Waals surface area contributed by atoms with Gasteiger partial charge in [0.1, 0.15) is 10.1 Å². The van der Waals surface area contributed by atoms with Gasteiger partial charge >= 0.3 is 6.09 Å². The Kier molecular flexibility index (Phi) is 4.55. The molecule has 0 aliphatic carbocycles. The summed E-state index contributed by atoms with van der Waals surface area (Å²) in [7, 11) is 0. The van der Waals surface area contributed by atoms with Crippen molar-refractivity contribution in [2.45, 2.75) is 38.8 Å². The van der Waals surface area contributed by atoms with Crippen LogP contribution in [0.1, 0.15) is 27.2 Å². The first-order valence-electron chi connectivity index (χ1n) is 6.74. The van der Waals surface area contributed by atoms with Crippen LogP contribution < -0.4 is 15.8 Å². The summed E-state index contributed by atoms with van der Waals surface area (Å²) in [6.45, 7) is 6.83. The number of hydrogen-bond acceptors (Lipinski definition) is 5. The summed E-state index contributed by atoms with van der Waals surface area (Å²) in [5.74, 6) is 0. The van der Waals surface area contributed by atoms with E-state index >= 15 is 0 Å². The highest BCUT2D eigenvalue weighted by molar-refractivity contribution is 9.10. The van der Waals surface area contributed by atoms with Gasteiger partial charge in [0.25, 0.3) is 5.56 Å². The number of alkyl carbamates (subject to hydrolysis) is 1. The highest BCUT2D eigenvalue weighted by Gasteiger charge is 2.27. The van der Waals surface area contributed by atoms with Crippen molar-refractivity contribution in [2.24, 2.45) is 0 Å². The molecule has 116 valence electrons. The Morgan fingerprint density at radius 1 is 1.57 bits per heavy atom. The van der Waals surface area contributed by atoms with E-state index in [-0.39, 0.29) is 11.6 Å². The first kappa shape index (κ1) is 15.8. The smallest absolute Gasteiger partial charge is 0.407 e. The van der Waals surface area contributed by atoms with Crippen molar-refractivity contribution in [3.63, 3.8) is 0 Å². The molecule has 2 heterocycles. The first-order chi connectivity index (χ1) is 9.76. The number of rotatable bonds is 2. The Balaban J connectivity index is 1.96. The predicted octanol–water partition coefficient (Wildman–Crippen LogP) is 1.64. The van der Waals surface area contributed by atoms with Crippen molar-refractivity contribution in [1.82, 2.24) is 15.5 Å². The SMILES string of the molecule is CC(C)(C)OC(=O)N[C@@H]1CCN(c2cn[nH]c(=O)c2Br)C1. The van der Waals surface area contributed by atoms with E-state index < -0.39 is 11.7 Å². The standard InChI is InChI=1S/C13H19BrN4O3/c1-13(2,3)21-12(20)16-8-4-5-18(7-8)9-6-15-17-11(19)10(9)14/h6,8H,4-5,7H2,1-3H3,(H,16,20)(H,17,19)/t8-/m1/s1. The van der Waals surface area contributed by atoms with Crippen LogP contribution in [0, 0.1) is 0 Å². The second-order valence-electron chi connectivity index (χ2n) is 5.98. The van der Waals surface area contributed by atoms with E-state index in [2.05, 4.69) is 31.4 Å². The summed E-state index contributed by atoms with van der Waals surface area (Å²) in [5, 5.41) is 9.01. The third kappa shape index (κ3) is 4.20. The highest BCUT2D eigenvalue weighted by Crippen LogP contribution is 2.25. The second-order valence-corrected chi connectivity index (χ2v) is 6.77. The van der Waals surface area contributed by atoms with Gasteiger partial charge in [-0.25, -0.2) is 9.89 Å². The van der Waals surface area contributed by atoms with Crippen LogP contribution in [0.3, 0.4) is 0 Å². The molecule has 1 fully saturated rings. The maximum absolute atomic E-state index is 11.8. The van der Waals surface area contributed by atoms with Gasteiger partial charge in [-0.15, -0.1) is 0 Å². The molecule has 0 spiro atoms. The van der Waals surface area contributed by atoms with E-state index in [9.17, 15) is 9.59 Å². The maximum Gasteiger partial charge on any atom is 0.407 e. The molecule has 1 aromatic heterocycles. The number of anilines is 1. The minimum absolute atomic E-state index is 0.00830. The van der Waals surface area contributed by atoms with E-state index in [1.54, 1.807) is 6.20 Å². The van der Waals surface area contributed by atoms with Gasteiger partial charge in [-0.05, 0) is 43.1 Å². The summed E-state index contributed by atoms with van der Waals surface area (Å²) in [4.78, 5) is 25.3. The van der Waals surface area contributed by atoms with Crippen molar-refractivity contribution in [3.05, 3.63) is 21.0 Å². The molecule has 1 aliphatic heterocycles. The summed E-state index contributed by atoms with van der Waals surface area (Å²) in [5.41, 5.74) is -0.0505. The van der Waals surface area contributed by atoms with Gasteiger partial charge in [-0.3, -0.25) is 4.79 Å². The topological polar surface area (TPSA) is 87.3 Å². The van der Waals surface area contributed by atoms with Crippen LogP contribution >= 0.6 is 15.9 Å². The number of hydrogen-bond donors (Lipinski definition) is 2. The molecule has 0 aromatic carbocycles. The molecule has 2 N–H and O–H groups in total. The number of halogens is 1. The van der Waals surface area contributed by atoms with Gasteiger partial charge in [0.15, 0.2) is 0 Å². The summed E-state index contributed by atoms with van der Waals surface area (Å²) in [6.07, 6.45) is 1.97. The van der Waals surface area contributed by atoms with Crippen molar-refractivity contribution >= 4 is 27.7 Å². The minimum Gasteiger partial charge on any atom is -0.444 e. The lowest BCUT2D eigenvalue weighted by Gasteiger charge is -2.22. The van der Waals surface area contributed by atoms with Gasteiger partial charge in [0.2, 0.25) is 0 Å². The molecule has 1 aliphatic rings. The molecule has 0 radical (unpaired) electrons. The quantitative estimate of drug-likeness (QED) is 0.838. The number of nitrogens with zero attached hydrogens (tertiary/aromatic N) is 2. The lowest BCUT2D eigenvalue weighted by molar-refractivity contribution is 0.0509. The van der Waals surface area contributed by atoms with Crippen LogP contribution in [0.4, 0.5) is 10.5 Å². The second kappa shape index (κ2) is 6.05. The number of aromatic amines is 1. The van der Waals surface area contributed by atoms with Crippen molar-refractivity contribution in [1.29, 1.82) is 0 Å². The highest BCUT2D eigenvalue weighted by atomic mass is 79.9. The predicted molar refractivity (Wildman–Crippen MR) is 82.5 cm³/mol. The fraction of sp³-hybridized carbons (Fsp3) is 0.615. The molecule has 1 amide bonds. The van der Waals surface area contributed by atoms with Crippen molar-refractivity contribution in [3.8, 4) is 0 Å². The van der Waals surface area contributed by atoms with Gasteiger partial charge in [-0.1, -0.05) is 0 Å². The molecule has 7 nitrogen and oxygen atoms in total. The fourth-order valence-corrected chi connectivity index (χ4v) is 2.61. The lowest BCUT2D eigenvalue weighted by Crippen LogP contribution is -2.40. The molecule has 1 aromatic rings. The zero-order valence-electron chi connectivity index (χ0n) is 12.3. The number of aromatic nitrogens is 2. The Morgan fingerprint density at radius 2 is 2.29 bits per heavy atom. The average Bonchev–Trinajstić information content (AvgIpc) is 2.78. The summed E-state index contributed by atoms with van der Waals surface area (Å²) < 4.78 is 5.69. The number of carbonyl (C=O) groups is 1. The van der Waals surface area contributed by atoms with E-state index in [0.717, 1.165) is 18.7 Å². The minimum atomic E-state index is -0.512. The number of nitrogens with one attached hydrogen (secondary N) is 2. The average molecular weight is 359 g/mol. The van der Waals surface area contributed by atoms with E-state index in [1.165, 1.54) is 0 Å². The zero-order valence-corrected chi connectivity index (χ0v) is 13.9. The van der Waals surface area contributed by atoms with Crippen molar-refractivity contribution in [2.75, 3.05) is 18.0 Å². The van der Waals surface area contributed by atoms with Gasteiger partial charge in [0, 0.05) is 13.1 Å². The third-order valence-corrected chi connectivity index (χ3v) is 3.79. The van der Waals surface area contributed by atoms with E-state index in [1.807, 2.05) is 25.7 Å². The van der Waals surface area contributed by atoms with E-state index in [4.69, 9.17) is 4.74 Å². The Hall–Kier alpha value is -1.57. The van der Waals surface area contributed by atoms with Crippen molar-refractivity contribution < 1.29 is 9.53 Å². The molecule has 8 heteroatoms. The molecule has 0 bridgehead atoms. The van der Waals surface area contributed by atoms with Crippen LogP contribution in [-0.4, -0.2) is 41.0 Å². The van der Waals surface area contributed by atoms with Gasteiger partial charge in [-0.2, -0.15) is 5.10 Å². The van der Waals surface area contributed by atoms with Gasteiger partial charge < -0.3 is 15.0 Å². The number of amides is 1. The molecule has 0 unspecified atom stereocenters. The first-order valence-corrected chi connectivity index (χ1v) is 7.53. The number of carbonyl (C=O) groups excluding carboxylic acids is 1. The van der Waals surface area contributed by atoms with Crippen LogP contribution in [-0.2, 0) is 4.74 Å². The maximum atomic E-state index is 11.8. The molecule has 2 rings (SSSR count). The fourth-order valence-electron chi connectivity index (χ4n) is 2.17. The summed E-state index contributed by atoms with van der Waals surface area (Å²) in [6, 6.07) is -0.00830. The largest absolute Gasteiger partial charge is 0.444 e. The number of ether oxygens (including phenoxy) is 1. The molecule has 1 atom stereocenters. The molecular weight excluding hydrogens is 340 g/mol. The Labute approximate surface area is 131 Å². The van der Waals surface area contributed by atoms with Crippen LogP contribution in [0.15, 0.2) is 15.5 Å². The molecule has 21 heavy (non-hydrogen) atoms. The zero-order chi connectivity index (χ0) is 15.6. The number of H-pyrrole nitrogens is 1. The normalized spacial score (nSPS) is 18.7. The third-order valence-electron chi connectivity index (χ3n) is 3.03. The van der Waals surface area contributed by atoms with Crippen LogP contribution in [0.5, 0.6) is 0 Å². The van der Waals surface area contributed by atoms with Crippen LogP contribution in [0.25, 0.3) is 0 Å². The van der Waals surface area contributed by atoms with E-state index in [0.29, 0.717) is 11.0 Å². The lowest BCUT2D eigenvalue weighted by atomic mass is 10.2. The van der Waals surface area contributed by atoms with Gasteiger partial charge in [0.05, 0.1) is 17.9 Å². The monoisotopic (exact) mass is 358 g/mol. The Bertz CT molecular complexity index is 582.